The zero-order valence-corrected chi connectivity index (χ0v) is 20.6. The van der Waals surface area contributed by atoms with Gasteiger partial charge in [0.25, 0.3) is 11.8 Å². The summed E-state index contributed by atoms with van der Waals surface area (Å²) in [5.41, 5.74) is 3.84. The fourth-order valence-corrected chi connectivity index (χ4v) is 3.68. The van der Waals surface area contributed by atoms with E-state index in [-0.39, 0.29) is 30.2 Å². The van der Waals surface area contributed by atoms with Crippen LogP contribution < -0.4 is 20.1 Å². The minimum absolute atomic E-state index is 0.246. The number of nitrogens with one attached hydrogen (secondary N) is 2. The van der Waals surface area contributed by atoms with Crippen LogP contribution in [0.15, 0.2) is 60.7 Å². The molecule has 35 heavy (non-hydrogen) atoms. The number of hydrogen-bond acceptors (Lipinski definition) is 4. The molecule has 0 saturated heterocycles. The molecule has 0 unspecified atom stereocenters. The molecule has 0 radical (unpaired) electrons. The lowest BCUT2D eigenvalue weighted by atomic mass is 9.92. The Kier molecular flexibility index (Phi) is 8.47. The Balaban J connectivity index is 1.73. The summed E-state index contributed by atoms with van der Waals surface area (Å²) < 4.78 is 24.0. The van der Waals surface area contributed by atoms with Crippen molar-refractivity contribution in [2.24, 2.45) is 0 Å². The van der Waals surface area contributed by atoms with Crippen LogP contribution in [-0.2, 0) is 4.79 Å². The van der Waals surface area contributed by atoms with Gasteiger partial charge in [0.05, 0.1) is 7.11 Å². The summed E-state index contributed by atoms with van der Waals surface area (Å²) in [6, 6.07) is 16.3. The highest BCUT2D eigenvalue weighted by molar-refractivity contribution is 6.05. The van der Waals surface area contributed by atoms with E-state index in [0.717, 1.165) is 16.8 Å². The molecule has 0 heterocycles. The van der Waals surface area contributed by atoms with Crippen molar-refractivity contribution >= 4 is 23.2 Å². The minimum Gasteiger partial charge on any atom is -0.493 e. The number of benzene rings is 3. The van der Waals surface area contributed by atoms with E-state index < -0.39 is 5.91 Å². The number of para-hydroxylation sites is 1. The summed E-state index contributed by atoms with van der Waals surface area (Å²) in [4.78, 5) is 25.3. The van der Waals surface area contributed by atoms with Gasteiger partial charge >= 0.3 is 0 Å². The van der Waals surface area contributed by atoms with Crippen molar-refractivity contribution in [3.63, 3.8) is 0 Å². The number of anilines is 2. The van der Waals surface area contributed by atoms with Crippen LogP contribution in [0.5, 0.6) is 11.5 Å². The number of rotatable bonds is 9. The van der Waals surface area contributed by atoms with Crippen LogP contribution in [0.2, 0.25) is 0 Å². The van der Waals surface area contributed by atoms with Crippen LogP contribution in [0.4, 0.5) is 15.8 Å². The fraction of sp³-hybridized carbons (Fsp3) is 0.286. The zero-order valence-electron chi connectivity index (χ0n) is 20.6. The predicted octanol–water partition coefficient (Wildman–Crippen LogP) is 6.35. The van der Waals surface area contributed by atoms with E-state index in [9.17, 15) is 14.0 Å². The molecule has 6 nitrogen and oxygen atoms in total. The Morgan fingerprint density at radius 2 is 1.49 bits per heavy atom. The third kappa shape index (κ3) is 6.59. The molecule has 0 fully saturated rings. The van der Waals surface area contributed by atoms with Gasteiger partial charge < -0.3 is 20.1 Å². The van der Waals surface area contributed by atoms with Crippen molar-refractivity contribution < 1.29 is 23.5 Å². The van der Waals surface area contributed by atoms with Crippen molar-refractivity contribution in [3.8, 4) is 11.5 Å². The van der Waals surface area contributed by atoms with E-state index >= 15 is 0 Å². The number of carbonyl (C=O) groups excluding carboxylic acids is 2. The van der Waals surface area contributed by atoms with E-state index in [2.05, 4.69) is 38.3 Å². The third-order valence-corrected chi connectivity index (χ3v) is 5.52. The molecule has 0 atom stereocenters. The maximum atomic E-state index is 13.1. The molecule has 184 valence electrons. The van der Waals surface area contributed by atoms with Gasteiger partial charge in [0.1, 0.15) is 5.82 Å². The number of amides is 2. The second kappa shape index (κ2) is 11.5. The number of methoxy groups -OCH3 is 1. The van der Waals surface area contributed by atoms with E-state index in [1.165, 1.54) is 31.4 Å². The minimum atomic E-state index is -0.410. The molecule has 0 bridgehead atoms. The number of carbonyl (C=O) groups is 2. The van der Waals surface area contributed by atoms with Crippen molar-refractivity contribution in [1.82, 2.24) is 0 Å². The summed E-state index contributed by atoms with van der Waals surface area (Å²) in [6.07, 6.45) is 0. The quantitative estimate of drug-likeness (QED) is 0.376. The molecular weight excluding hydrogens is 447 g/mol. The Bertz CT molecular complexity index is 1160. The monoisotopic (exact) mass is 478 g/mol. The highest BCUT2D eigenvalue weighted by Gasteiger charge is 2.18. The molecule has 0 aliphatic rings. The maximum Gasteiger partial charge on any atom is 0.262 e. The predicted molar refractivity (Wildman–Crippen MR) is 136 cm³/mol. The molecule has 7 heteroatoms. The van der Waals surface area contributed by atoms with Crippen molar-refractivity contribution in [1.29, 1.82) is 0 Å². The molecule has 0 aliphatic carbocycles. The lowest BCUT2D eigenvalue weighted by Crippen LogP contribution is -2.20. The third-order valence-electron chi connectivity index (χ3n) is 5.52. The average molecular weight is 479 g/mol. The molecule has 3 aromatic rings. The van der Waals surface area contributed by atoms with Gasteiger partial charge in [-0.1, -0.05) is 45.9 Å². The number of ether oxygens (including phenoxy) is 2. The second-order valence-corrected chi connectivity index (χ2v) is 8.78. The summed E-state index contributed by atoms with van der Waals surface area (Å²) in [5.74, 6) is 0.0788. The van der Waals surface area contributed by atoms with Crippen molar-refractivity contribution in [3.05, 3.63) is 83.2 Å². The largest absolute Gasteiger partial charge is 0.493 e. The Morgan fingerprint density at radius 1 is 0.857 bits per heavy atom. The van der Waals surface area contributed by atoms with E-state index in [1.54, 1.807) is 18.2 Å². The van der Waals surface area contributed by atoms with Gasteiger partial charge in [0.15, 0.2) is 18.1 Å². The Hall–Kier alpha value is -3.87. The highest BCUT2D eigenvalue weighted by atomic mass is 19.1. The topological polar surface area (TPSA) is 76.7 Å². The molecule has 3 aromatic carbocycles. The second-order valence-electron chi connectivity index (χ2n) is 8.78. The first-order valence-electron chi connectivity index (χ1n) is 11.5. The van der Waals surface area contributed by atoms with Crippen LogP contribution in [0.3, 0.4) is 0 Å². The van der Waals surface area contributed by atoms with Crippen LogP contribution in [0.25, 0.3) is 0 Å². The standard InChI is InChI=1S/C28H31FN2O4/c1-17(2)22-7-6-8-23(18(3)4)27(22)31-28(33)19-9-14-24(25(15-19)34-5)35-16-26(32)30-21-12-10-20(29)11-13-21/h6-15,17-18H,16H2,1-5H3,(H,30,32)(H,31,33). The Labute approximate surface area is 205 Å². The summed E-state index contributed by atoms with van der Waals surface area (Å²) in [5, 5.41) is 5.71. The molecule has 0 saturated carbocycles. The first-order chi connectivity index (χ1) is 16.7. The zero-order chi connectivity index (χ0) is 25.5. The van der Waals surface area contributed by atoms with Crippen LogP contribution >= 0.6 is 0 Å². The molecular formula is C28H31FN2O4. The van der Waals surface area contributed by atoms with Crippen LogP contribution in [-0.4, -0.2) is 25.5 Å². The summed E-state index contributed by atoms with van der Waals surface area (Å²) in [7, 11) is 1.47. The first-order valence-corrected chi connectivity index (χ1v) is 11.5. The maximum absolute atomic E-state index is 13.1. The molecule has 3 rings (SSSR count). The van der Waals surface area contributed by atoms with Gasteiger partial charge in [-0.25, -0.2) is 4.39 Å². The Morgan fingerprint density at radius 3 is 2.06 bits per heavy atom. The van der Waals surface area contributed by atoms with Gasteiger partial charge in [-0.05, 0) is 65.4 Å². The van der Waals surface area contributed by atoms with Gasteiger partial charge in [0, 0.05) is 16.9 Å². The molecule has 0 aliphatic heterocycles. The van der Waals surface area contributed by atoms with Crippen LogP contribution in [0, 0.1) is 5.82 Å². The number of hydrogen-bond donors (Lipinski definition) is 2. The SMILES string of the molecule is COc1cc(C(=O)Nc2c(C(C)C)cccc2C(C)C)ccc1OCC(=O)Nc1ccc(F)cc1. The number of halogens is 1. The van der Waals surface area contributed by atoms with Gasteiger partial charge in [-0.3, -0.25) is 9.59 Å². The molecule has 2 N–H and O–H groups in total. The fourth-order valence-electron chi connectivity index (χ4n) is 3.68. The summed E-state index contributed by atoms with van der Waals surface area (Å²) >= 11 is 0. The normalized spacial score (nSPS) is 10.9. The molecule has 0 spiro atoms. The van der Waals surface area contributed by atoms with Crippen molar-refractivity contribution in [2.45, 2.75) is 39.5 Å². The van der Waals surface area contributed by atoms with Gasteiger partial charge in [0.2, 0.25) is 0 Å². The van der Waals surface area contributed by atoms with Crippen LogP contribution in [0.1, 0.15) is 61.0 Å². The van der Waals surface area contributed by atoms with Gasteiger partial charge in [-0.2, -0.15) is 0 Å². The molecule has 0 aromatic heterocycles. The highest BCUT2D eigenvalue weighted by Crippen LogP contribution is 2.33. The van der Waals surface area contributed by atoms with Crippen molar-refractivity contribution in [2.75, 3.05) is 24.4 Å². The first kappa shape index (κ1) is 25.7. The van der Waals surface area contributed by atoms with E-state index in [0.29, 0.717) is 22.7 Å². The van der Waals surface area contributed by atoms with E-state index in [4.69, 9.17) is 9.47 Å². The lowest BCUT2D eigenvalue weighted by Gasteiger charge is -2.20. The van der Waals surface area contributed by atoms with E-state index in [1.807, 2.05) is 18.2 Å². The summed E-state index contributed by atoms with van der Waals surface area (Å²) in [6.45, 7) is 8.10. The average Bonchev–Trinajstić information content (AvgIpc) is 2.83. The smallest absolute Gasteiger partial charge is 0.262 e. The molecule has 2 amide bonds. The van der Waals surface area contributed by atoms with Gasteiger partial charge in [-0.15, -0.1) is 0 Å². The lowest BCUT2D eigenvalue weighted by molar-refractivity contribution is -0.118.